The second-order valence-corrected chi connectivity index (χ2v) is 5.21. The molecule has 1 unspecified atom stereocenters. The summed E-state index contributed by atoms with van der Waals surface area (Å²) < 4.78 is 5.44. The smallest absolute Gasteiger partial charge is 0.101 e. The highest BCUT2D eigenvalue weighted by Crippen LogP contribution is 2.20. The van der Waals surface area contributed by atoms with Crippen molar-refractivity contribution in [3.63, 3.8) is 0 Å². The van der Waals surface area contributed by atoms with E-state index in [4.69, 9.17) is 4.42 Å². The molecule has 3 heteroatoms. The molecule has 20 heavy (non-hydrogen) atoms. The molecule has 2 aromatic rings. The van der Waals surface area contributed by atoms with Crippen LogP contribution in [0.15, 0.2) is 35.1 Å². The number of aryl methyl sites for hydroxylation is 2. The lowest BCUT2D eigenvalue weighted by Gasteiger charge is -2.16. The van der Waals surface area contributed by atoms with Gasteiger partial charge in [0.2, 0.25) is 0 Å². The van der Waals surface area contributed by atoms with Crippen LogP contribution in [0.25, 0.3) is 0 Å². The third kappa shape index (κ3) is 3.94. The fourth-order valence-corrected chi connectivity index (χ4v) is 2.27. The van der Waals surface area contributed by atoms with Crippen LogP contribution < -0.4 is 5.32 Å². The molecule has 2 rings (SSSR count). The molecule has 2 heterocycles. The van der Waals surface area contributed by atoms with Gasteiger partial charge in [0, 0.05) is 29.9 Å². The van der Waals surface area contributed by atoms with Crippen LogP contribution in [-0.2, 0) is 12.8 Å². The predicted octanol–water partition coefficient (Wildman–Crippen LogP) is 3.83. The van der Waals surface area contributed by atoms with E-state index in [0.29, 0.717) is 0 Å². The molecule has 0 amide bonds. The van der Waals surface area contributed by atoms with E-state index in [1.54, 1.807) is 0 Å². The first-order chi connectivity index (χ1) is 9.72. The summed E-state index contributed by atoms with van der Waals surface area (Å²) in [4.78, 5) is 4.56. The van der Waals surface area contributed by atoms with Crippen molar-refractivity contribution in [1.82, 2.24) is 10.3 Å². The molecule has 1 atom stereocenters. The molecule has 108 valence electrons. The molecule has 0 saturated carbocycles. The number of rotatable bonds is 7. The molecule has 0 aliphatic rings. The minimum Gasteiger partial charge on any atom is -0.469 e. The Hall–Kier alpha value is -1.61. The summed E-state index contributed by atoms with van der Waals surface area (Å²) in [7, 11) is 0. The Kier molecular flexibility index (Phi) is 5.36. The van der Waals surface area contributed by atoms with Crippen molar-refractivity contribution < 1.29 is 4.42 Å². The van der Waals surface area contributed by atoms with Gasteiger partial charge in [-0.3, -0.25) is 4.98 Å². The summed E-state index contributed by atoms with van der Waals surface area (Å²) in [5, 5.41) is 3.58. The van der Waals surface area contributed by atoms with E-state index in [-0.39, 0.29) is 6.04 Å². The van der Waals surface area contributed by atoms with E-state index in [1.165, 1.54) is 11.1 Å². The van der Waals surface area contributed by atoms with Crippen molar-refractivity contribution in [3.8, 4) is 0 Å². The first kappa shape index (κ1) is 14.8. The van der Waals surface area contributed by atoms with E-state index in [0.717, 1.165) is 37.3 Å². The molecule has 3 nitrogen and oxygen atoms in total. The van der Waals surface area contributed by atoms with Crippen LogP contribution in [0.2, 0.25) is 0 Å². The molecule has 0 saturated heterocycles. The Labute approximate surface area is 121 Å². The molecule has 0 bridgehead atoms. The van der Waals surface area contributed by atoms with E-state index < -0.39 is 0 Å². The van der Waals surface area contributed by atoms with Crippen LogP contribution in [0.1, 0.15) is 48.9 Å². The van der Waals surface area contributed by atoms with Crippen molar-refractivity contribution in [2.45, 2.75) is 46.1 Å². The minimum atomic E-state index is 0.271. The van der Waals surface area contributed by atoms with Crippen LogP contribution in [0.4, 0.5) is 0 Å². The Bertz CT molecular complexity index is 516. The lowest BCUT2D eigenvalue weighted by molar-refractivity contribution is 0.501. The van der Waals surface area contributed by atoms with Gasteiger partial charge in [0.1, 0.15) is 5.76 Å². The van der Waals surface area contributed by atoms with E-state index in [1.807, 2.05) is 19.4 Å². The Morgan fingerprint density at radius 2 is 2.15 bits per heavy atom. The summed E-state index contributed by atoms with van der Waals surface area (Å²) in [5.41, 5.74) is 3.61. The molecule has 0 aliphatic heterocycles. The van der Waals surface area contributed by atoms with Gasteiger partial charge in [-0.05, 0) is 44.0 Å². The quantitative estimate of drug-likeness (QED) is 0.832. The first-order valence-corrected chi connectivity index (χ1v) is 7.45. The van der Waals surface area contributed by atoms with Gasteiger partial charge in [-0.25, -0.2) is 0 Å². The molecule has 0 aromatic carbocycles. The van der Waals surface area contributed by atoms with E-state index >= 15 is 0 Å². The van der Waals surface area contributed by atoms with Gasteiger partial charge in [-0.15, -0.1) is 0 Å². The van der Waals surface area contributed by atoms with Crippen LogP contribution in [0, 0.1) is 6.92 Å². The Morgan fingerprint density at radius 1 is 1.30 bits per heavy atom. The highest BCUT2D eigenvalue weighted by molar-refractivity contribution is 5.21. The van der Waals surface area contributed by atoms with Gasteiger partial charge in [-0.1, -0.05) is 19.9 Å². The number of aromatic nitrogens is 1. The van der Waals surface area contributed by atoms with E-state index in [9.17, 15) is 0 Å². The summed E-state index contributed by atoms with van der Waals surface area (Å²) in [6.07, 6.45) is 6.88. The molecule has 0 fully saturated rings. The normalized spacial score (nSPS) is 12.6. The van der Waals surface area contributed by atoms with Crippen LogP contribution in [0.5, 0.6) is 0 Å². The second kappa shape index (κ2) is 7.25. The van der Waals surface area contributed by atoms with Gasteiger partial charge in [-0.2, -0.15) is 0 Å². The number of hydrogen-bond donors (Lipinski definition) is 1. The summed E-state index contributed by atoms with van der Waals surface area (Å²) in [6, 6.07) is 6.67. The summed E-state index contributed by atoms with van der Waals surface area (Å²) >= 11 is 0. The van der Waals surface area contributed by atoms with E-state index in [2.05, 4.69) is 42.3 Å². The maximum Gasteiger partial charge on any atom is 0.101 e. The fraction of sp³-hybridized carbons (Fsp3) is 0.471. The monoisotopic (exact) mass is 272 g/mol. The number of pyridine rings is 1. The highest BCUT2D eigenvalue weighted by Gasteiger charge is 2.14. The Balaban J connectivity index is 2.10. The van der Waals surface area contributed by atoms with Crippen molar-refractivity contribution in [2.75, 3.05) is 6.54 Å². The number of nitrogens with one attached hydrogen (secondary N) is 1. The highest BCUT2D eigenvalue weighted by atomic mass is 16.3. The van der Waals surface area contributed by atoms with Crippen molar-refractivity contribution in [1.29, 1.82) is 0 Å². The van der Waals surface area contributed by atoms with Crippen LogP contribution in [0.3, 0.4) is 0 Å². The van der Waals surface area contributed by atoms with Crippen molar-refractivity contribution in [2.24, 2.45) is 0 Å². The van der Waals surface area contributed by atoms with Crippen LogP contribution in [-0.4, -0.2) is 11.5 Å². The van der Waals surface area contributed by atoms with Crippen LogP contribution >= 0.6 is 0 Å². The zero-order chi connectivity index (χ0) is 14.4. The molecular weight excluding hydrogens is 248 g/mol. The third-order valence-electron chi connectivity index (χ3n) is 3.50. The molecule has 1 N–H and O–H groups in total. The number of hydrogen-bond acceptors (Lipinski definition) is 3. The lowest BCUT2D eigenvalue weighted by Crippen LogP contribution is -2.24. The average molecular weight is 272 g/mol. The standard InChI is InChI=1S/C17H24N2O/c1-4-8-18-17(15-9-13(3)20-12-15)10-16-7-6-14(5-2)11-19-16/h6-7,9,11-12,17-18H,4-5,8,10H2,1-3H3. The largest absolute Gasteiger partial charge is 0.469 e. The lowest BCUT2D eigenvalue weighted by atomic mass is 10.0. The van der Waals surface area contributed by atoms with Crippen molar-refractivity contribution >= 4 is 0 Å². The summed E-state index contributed by atoms with van der Waals surface area (Å²) in [5.74, 6) is 0.956. The topological polar surface area (TPSA) is 38.1 Å². The molecule has 2 aromatic heterocycles. The summed E-state index contributed by atoms with van der Waals surface area (Å²) in [6.45, 7) is 7.31. The molecule has 0 spiro atoms. The molecule has 0 radical (unpaired) electrons. The Morgan fingerprint density at radius 3 is 2.70 bits per heavy atom. The fourth-order valence-electron chi connectivity index (χ4n) is 2.27. The maximum absolute atomic E-state index is 5.44. The number of nitrogens with zero attached hydrogens (tertiary/aromatic N) is 1. The van der Waals surface area contributed by atoms with Gasteiger partial charge in [0.15, 0.2) is 0 Å². The van der Waals surface area contributed by atoms with Gasteiger partial charge >= 0.3 is 0 Å². The first-order valence-electron chi connectivity index (χ1n) is 7.45. The average Bonchev–Trinajstić information content (AvgIpc) is 2.90. The SMILES string of the molecule is CCCNC(Cc1ccc(CC)cn1)c1coc(C)c1. The predicted molar refractivity (Wildman–Crippen MR) is 81.8 cm³/mol. The van der Waals surface area contributed by atoms with Crippen molar-refractivity contribution in [3.05, 3.63) is 53.2 Å². The molecule has 0 aliphatic carbocycles. The zero-order valence-corrected chi connectivity index (χ0v) is 12.6. The maximum atomic E-state index is 5.44. The zero-order valence-electron chi connectivity index (χ0n) is 12.6. The minimum absolute atomic E-state index is 0.271. The second-order valence-electron chi connectivity index (χ2n) is 5.21. The number of furan rings is 1. The van der Waals surface area contributed by atoms with Gasteiger partial charge in [0.25, 0.3) is 0 Å². The molecular formula is C17H24N2O. The van der Waals surface area contributed by atoms with Gasteiger partial charge < -0.3 is 9.73 Å². The van der Waals surface area contributed by atoms with Gasteiger partial charge in [0.05, 0.1) is 6.26 Å². The third-order valence-corrected chi connectivity index (χ3v) is 3.50.